The quantitative estimate of drug-likeness (QED) is 0.903. The van der Waals surface area contributed by atoms with Crippen LogP contribution in [0.15, 0.2) is 47.2 Å². The van der Waals surface area contributed by atoms with Crippen LogP contribution in [0.2, 0.25) is 0 Å². The first-order valence-electron chi connectivity index (χ1n) is 6.28. The van der Waals surface area contributed by atoms with Gasteiger partial charge in [0, 0.05) is 18.4 Å². The van der Waals surface area contributed by atoms with Gasteiger partial charge in [-0.2, -0.15) is 0 Å². The molecule has 4 heteroatoms. The average Bonchev–Trinajstić information content (AvgIpc) is 2.43. The standard InChI is InChI=1S/C15H16BrFN2/c1-2-19-14(9-11-5-4-8-18-10-11)12-6-3-7-13(17)15(12)16/h3-8,10,14,19H,2,9H2,1H3. The molecule has 0 saturated heterocycles. The van der Waals surface area contributed by atoms with E-state index in [2.05, 4.69) is 26.2 Å². The van der Waals surface area contributed by atoms with Gasteiger partial charge in [0.2, 0.25) is 0 Å². The highest BCUT2D eigenvalue weighted by Gasteiger charge is 2.16. The van der Waals surface area contributed by atoms with Crippen molar-refractivity contribution in [1.82, 2.24) is 10.3 Å². The molecule has 1 atom stereocenters. The maximum Gasteiger partial charge on any atom is 0.137 e. The fraction of sp³-hybridized carbons (Fsp3) is 0.267. The van der Waals surface area contributed by atoms with Gasteiger partial charge in [-0.05, 0) is 52.2 Å². The predicted molar refractivity (Wildman–Crippen MR) is 78.5 cm³/mol. The zero-order chi connectivity index (χ0) is 13.7. The number of halogens is 2. The van der Waals surface area contributed by atoms with Gasteiger partial charge in [0.05, 0.1) is 4.47 Å². The first kappa shape index (κ1) is 14.2. The van der Waals surface area contributed by atoms with Crippen molar-refractivity contribution in [1.29, 1.82) is 0 Å². The largest absolute Gasteiger partial charge is 0.310 e. The van der Waals surface area contributed by atoms with Gasteiger partial charge in [-0.3, -0.25) is 4.98 Å². The molecule has 2 rings (SSSR count). The van der Waals surface area contributed by atoms with Gasteiger partial charge < -0.3 is 5.32 Å². The van der Waals surface area contributed by atoms with Crippen LogP contribution in [-0.2, 0) is 6.42 Å². The molecular weight excluding hydrogens is 307 g/mol. The number of aromatic nitrogens is 1. The van der Waals surface area contributed by atoms with Crippen molar-refractivity contribution >= 4 is 15.9 Å². The molecule has 1 heterocycles. The second-order valence-corrected chi connectivity index (χ2v) is 5.11. The number of hydrogen-bond donors (Lipinski definition) is 1. The van der Waals surface area contributed by atoms with Crippen LogP contribution in [0.25, 0.3) is 0 Å². The van der Waals surface area contributed by atoms with Crippen molar-refractivity contribution in [3.8, 4) is 0 Å². The lowest BCUT2D eigenvalue weighted by Gasteiger charge is -2.20. The molecule has 0 aliphatic heterocycles. The van der Waals surface area contributed by atoms with Crippen LogP contribution in [0, 0.1) is 5.82 Å². The molecule has 1 aromatic carbocycles. The summed E-state index contributed by atoms with van der Waals surface area (Å²) in [4.78, 5) is 4.12. The minimum absolute atomic E-state index is 0.0688. The third-order valence-corrected chi connectivity index (χ3v) is 3.81. The second-order valence-electron chi connectivity index (χ2n) is 4.32. The zero-order valence-corrected chi connectivity index (χ0v) is 12.3. The molecule has 0 aliphatic rings. The summed E-state index contributed by atoms with van der Waals surface area (Å²) in [6.45, 7) is 2.87. The van der Waals surface area contributed by atoms with E-state index in [4.69, 9.17) is 0 Å². The molecule has 0 radical (unpaired) electrons. The highest BCUT2D eigenvalue weighted by Crippen LogP contribution is 2.28. The Morgan fingerprint density at radius 3 is 2.84 bits per heavy atom. The molecule has 19 heavy (non-hydrogen) atoms. The summed E-state index contributed by atoms with van der Waals surface area (Å²) in [5, 5.41) is 3.39. The van der Waals surface area contributed by atoms with Crippen molar-refractivity contribution < 1.29 is 4.39 Å². The Kier molecular flexibility index (Phi) is 5.05. The van der Waals surface area contributed by atoms with Crippen molar-refractivity contribution in [3.05, 3.63) is 64.1 Å². The van der Waals surface area contributed by atoms with E-state index in [1.54, 1.807) is 12.3 Å². The average molecular weight is 323 g/mol. The Hall–Kier alpha value is -1.26. The van der Waals surface area contributed by atoms with Crippen molar-refractivity contribution in [3.63, 3.8) is 0 Å². The fourth-order valence-corrected chi connectivity index (χ4v) is 2.62. The molecule has 1 N–H and O–H groups in total. The van der Waals surface area contributed by atoms with Gasteiger partial charge in [-0.15, -0.1) is 0 Å². The lowest BCUT2D eigenvalue weighted by Crippen LogP contribution is -2.23. The molecule has 0 fully saturated rings. The first-order valence-corrected chi connectivity index (χ1v) is 7.08. The van der Waals surface area contributed by atoms with E-state index in [1.807, 2.05) is 31.3 Å². The fourth-order valence-electron chi connectivity index (χ4n) is 2.08. The van der Waals surface area contributed by atoms with E-state index < -0.39 is 0 Å². The summed E-state index contributed by atoms with van der Waals surface area (Å²) >= 11 is 3.33. The van der Waals surface area contributed by atoms with E-state index in [0.717, 1.165) is 24.1 Å². The van der Waals surface area contributed by atoms with Gasteiger partial charge in [-0.1, -0.05) is 25.1 Å². The second kappa shape index (κ2) is 6.78. The molecule has 2 aromatic rings. The van der Waals surface area contributed by atoms with Crippen LogP contribution in [0.4, 0.5) is 4.39 Å². The maximum absolute atomic E-state index is 13.6. The molecule has 0 amide bonds. The van der Waals surface area contributed by atoms with Crippen molar-refractivity contribution in [2.24, 2.45) is 0 Å². The van der Waals surface area contributed by atoms with E-state index in [1.165, 1.54) is 6.07 Å². The zero-order valence-electron chi connectivity index (χ0n) is 10.7. The van der Waals surface area contributed by atoms with Gasteiger partial charge >= 0.3 is 0 Å². The highest BCUT2D eigenvalue weighted by atomic mass is 79.9. The maximum atomic E-state index is 13.6. The molecule has 0 bridgehead atoms. The van der Waals surface area contributed by atoms with E-state index in [0.29, 0.717) is 4.47 Å². The SMILES string of the molecule is CCNC(Cc1cccnc1)c1cccc(F)c1Br. The van der Waals surface area contributed by atoms with Gasteiger partial charge in [0.25, 0.3) is 0 Å². The number of likely N-dealkylation sites (N-methyl/N-ethyl adjacent to an activating group) is 1. The number of hydrogen-bond acceptors (Lipinski definition) is 2. The van der Waals surface area contributed by atoms with Gasteiger partial charge in [0.1, 0.15) is 5.82 Å². The normalized spacial score (nSPS) is 12.4. The molecular formula is C15H16BrFN2. The van der Waals surface area contributed by atoms with Crippen LogP contribution in [0.5, 0.6) is 0 Å². The minimum atomic E-state index is -0.230. The number of benzene rings is 1. The Balaban J connectivity index is 2.27. The summed E-state index contributed by atoms with van der Waals surface area (Å²) in [7, 11) is 0. The van der Waals surface area contributed by atoms with E-state index in [9.17, 15) is 4.39 Å². The molecule has 0 aliphatic carbocycles. The van der Waals surface area contributed by atoms with E-state index >= 15 is 0 Å². The van der Waals surface area contributed by atoms with Crippen LogP contribution in [0.1, 0.15) is 24.1 Å². The number of rotatable bonds is 5. The lowest BCUT2D eigenvalue weighted by molar-refractivity contribution is 0.538. The number of nitrogens with one attached hydrogen (secondary N) is 1. The summed E-state index contributed by atoms with van der Waals surface area (Å²) in [6.07, 6.45) is 4.38. The van der Waals surface area contributed by atoms with Crippen LogP contribution in [0.3, 0.4) is 0 Å². The third-order valence-electron chi connectivity index (χ3n) is 2.97. The lowest BCUT2D eigenvalue weighted by atomic mass is 9.99. The number of pyridine rings is 1. The Bertz CT molecular complexity index is 531. The minimum Gasteiger partial charge on any atom is -0.310 e. The summed E-state index contributed by atoms with van der Waals surface area (Å²) in [5.41, 5.74) is 2.07. The molecule has 100 valence electrons. The first-order chi connectivity index (χ1) is 9.22. The smallest absolute Gasteiger partial charge is 0.137 e. The van der Waals surface area contributed by atoms with Crippen molar-refractivity contribution in [2.45, 2.75) is 19.4 Å². The molecule has 0 saturated carbocycles. The predicted octanol–water partition coefficient (Wildman–Crippen LogP) is 3.88. The monoisotopic (exact) mass is 322 g/mol. The molecule has 0 spiro atoms. The Morgan fingerprint density at radius 2 is 2.16 bits per heavy atom. The van der Waals surface area contributed by atoms with Crippen molar-refractivity contribution in [2.75, 3.05) is 6.54 Å². The van der Waals surface area contributed by atoms with Crippen LogP contribution >= 0.6 is 15.9 Å². The topological polar surface area (TPSA) is 24.9 Å². The van der Waals surface area contributed by atoms with E-state index in [-0.39, 0.29) is 11.9 Å². The number of nitrogens with zero attached hydrogens (tertiary/aromatic N) is 1. The van der Waals surface area contributed by atoms with Crippen LogP contribution in [-0.4, -0.2) is 11.5 Å². The van der Waals surface area contributed by atoms with Gasteiger partial charge in [-0.25, -0.2) is 4.39 Å². The summed E-state index contributed by atoms with van der Waals surface area (Å²) in [5.74, 6) is -0.230. The highest BCUT2D eigenvalue weighted by molar-refractivity contribution is 9.10. The molecule has 1 unspecified atom stereocenters. The molecule has 1 aromatic heterocycles. The van der Waals surface area contributed by atoms with Crippen LogP contribution < -0.4 is 5.32 Å². The summed E-state index contributed by atoms with van der Waals surface area (Å²) < 4.78 is 14.2. The van der Waals surface area contributed by atoms with Gasteiger partial charge in [0.15, 0.2) is 0 Å². The molecule has 2 nitrogen and oxygen atoms in total. The Morgan fingerprint density at radius 1 is 1.32 bits per heavy atom. The Labute approximate surface area is 121 Å². The summed E-state index contributed by atoms with van der Waals surface area (Å²) in [6, 6.07) is 9.16. The third kappa shape index (κ3) is 3.61.